The Kier molecular flexibility index (Phi) is 4.39. The number of aromatic nitrogens is 1. The summed E-state index contributed by atoms with van der Waals surface area (Å²) in [5.74, 6) is 0.334. The number of hydrogen-bond acceptors (Lipinski definition) is 4. The van der Waals surface area contributed by atoms with E-state index in [0.717, 1.165) is 58.7 Å². The second-order valence-corrected chi connectivity index (χ2v) is 5.98. The summed E-state index contributed by atoms with van der Waals surface area (Å²) in [6.07, 6.45) is 5.58. The maximum atomic E-state index is 11.6. The van der Waals surface area contributed by atoms with Crippen molar-refractivity contribution < 1.29 is 4.79 Å². The van der Waals surface area contributed by atoms with Crippen LogP contribution in [0.3, 0.4) is 0 Å². The first-order chi connectivity index (χ1) is 10.2. The van der Waals surface area contributed by atoms with E-state index in [4.69, 9.17) is 0 Å². The number of hydrogen-bond donors (Lipinski definition) is 0. The van der Waals surface area contributed by atoms with Gasteiger partial charge in [-0.1, -0.05) is 0 Å². The van der Waals surface area contributed by atoms with E-state index >= 15 is 0 Å². The van der Waals surface area contributed by atoms with Gasteiger partial charge in [-0.3, -0.25) is 14.7 Å². The van der Waals surface area contributed by atoms with Crippen LogP contribution < -0.4 is 4.90 Å². The largest absolute Gasteiger partial charge is 0.369 e. The average molecular weight is 288 g/mol. The van der Waals surface area contributed by atoms with Crippen molar-refractivity contribution in [2.24, 2.45) is 0 Å². The molecule has 0 unspecified atom stereocenters. The molecule has 3 heterocycles. The lowest BCUT2D eigenvalue weighted by atomic mass is 10.2. The van der Waals surface area contributed by atoms with Crippen molar-refractivity contribution in [2.45, 2.75) is 19.8 Å². The van der Waals surface area contributed by atoms with Crippen molar-refractivity contribution >= 4 is 11.6 Å². The summed E-state index contributed by atoms with van der Waals surface area (Å²) in [5.41, 5.74) is 2.55. The Bertz CT molecular complexity index is 497. The Morgan fingerprint density at radius 1 is 1.14 bits per heavy atom. The summed E-state index contributed by atoms with van der Waals surface area (Å²) in [5, 5.41) is 0. The molecule has 0 saturated carbocycles. The van der Waals surface area contributed by atoms with E-state index in [0.29, 0.717) is 5.91 Å². The van der Waals surface area contributed by atoms with Crippen LogP contribution in [0.5, 0.6) is 0 Å². The van der Waals surface area contributed by atoms with Gasteiger partial charge in [0.15, 0.2) is 0 Å². The zero-order valence-electron chi connectivity index (χ0n) is 12.8. The minimum Gasteiger partial charge on any atom is -0.369 e. The molecule has 2 aliphatic rings. The molecule has 5 heteroatoms. The first-order valence-corrected chi connectivity index (χ1v) is 7.90. The summed E-state index contributed by atoms with van der Waals surface area (Å²) in [6.45, 7) is 9.23. The number of pyridine rings is 1. The van der Waals surface area contributed by atoms with E-state index in [1.54, 1.807) is 0 Å². The number of carbonyl (C=O) groups excluding carboxylic acids is 1. The van der Waals surface area contributed by atoms with Gasteiger partial charge < -0.3 is 9.80 Å². The van der Waals surface area contributed by atoms with Gasteiger partial charge in [-0.15, -0.1) is 0 Å². The van der Waals surface area contributed by atoms with Crippen LogP contribution in [0.4, 0.5) is 5.69 Å². The fraction of sp³-hybridized carbons (Fsp3) is 0.625. The third-order valence-corrected chi connectivity index (χ3v) is 4.56. The molecular formula is C16H24N4O. The summed E-state index contributed by atoms with van der Waals surface area (Å²) in [6, 6.07) is 2.11. The molecule has 0 aromatic carbocycles. The smallest absolute Gasteiger partial charge is 0.222 e. The highest BCUT2D eigenvalue weighted by Crippen LogP contribution is 2.19. The third kappa shape index (κ3) is 3.35. The fourth-order valence-electron chi connectivity index (χ4n) is 3.24. The van der Waals surface area contributed by atoms with E-state index in [1.807, 2.05) is 17.3 Å². The highest BCUT2D eigenvalue weighted by Gasteiger charge is 2.22. The van der Waals surface area contributed by atoms with Gasteiger partial charge in [0.05, 0.1) is 0 Å². The molecule has 114 valence electrons. The molecule has 5 nitrogen and oxygen atoms in total. The molecule has 2 fully saturated rings. The quantitative estimate of drug-likeness (QED) is 0.833. The number of nitrogens with zero attached hydrogens (tertiary/aromatic N) is 4. The van der Waals surface area contributed by atoms with E-state index in [1.165, 1.54) is 11.3 Å². The first-order valence-electron chi connectivity index (χ1n) is 7.90. The Morgan fingerprint density at radius 3 is 2.62 bits per heavy atom. The molecule has 0 radical (unpaired) electrons. The van der Waals surface area contributed by atoms with Crippen LogP contribution in [-0.4, -0.2) is 66.5 Å². The maximum Gasteiger partial charge on any atom is 0.222 e. The molecule has 1 aromatic rings. The second-order valence-electron chi connectivity index (χ2n) is 5.98. The predicted molar refractivity (Wildman–Crippen MR) is 83.4 cm³/mol. The molecule has 1 amide bonds. The van der Waals surface area contributed by atoms with Gasteiger partial charge in [-0.05, 0) is 25.0 Å². The SMILES string of the molecule is Cc1cnccc1N1CCN(CCN2CCCC2=O)CC1. The predicted octanol–water partition coefficient (Wildman–Crippen LogP) is 1.13. The number of likely N-dealkylation sites (tertiary alicyclic amines) is 1. The van der Waals surface area contributed by atoms with E-state index in [9.17, 15) is 4.79 Å². The summed E-state index contributed by atoms with van der Waals surface area (Å²) < 4.78 is 0. The monoisotopic (exact) mass is 288 g/mol. The van der Waals surface area contributed by atoms with Crippen molar-refractivity contribution in [3.8, 4) is 0 Å². The highest BCUT2D eigenvalue weighted by molar-refractivity contribution is 5.78. The molecule has 0 atom stereocenters. The van der Waals surface area contributed by atoms with Crippen LogP contribution in [-0.2, 0) is 4.79 Å². The Morgan fingerprint density at radius 2 is 1.95 bits per heavy atom. The van der Waals surface area contributed by atoms with Gasteiger partial charge in [0.1, 0.15) is 0 Å². The highest BCUT2D eigenvalue weighted by atomic mass is 16.2. The van der Waals surface area contributed by atoms with Crippen LogP contribution in [0.15, 0.2) is 18.5 Å². The van der Waals surface area contributed by atoms with Crippen LogP contribution in [0.25, 0.3) is 0 Å². The van der Waals surface area contributed by atoms with Crippen LogP contribution in [0, 0.1) is 6.92 Å². The van der Waals surface area contributed by atoms with E-state index < -0.39 is 0 Å². The van der Waals surface area contributed by atoms with E-state index in [2.05, 4.69) is 27.8 Å². The van der Waals surface area contributed by atoms with Crippen molar-refractivity contribution in [3.63, 3.8) is 0 Å². The minimum absolute atomic E-state index is 0.334. The number of rotatable bonds is 4. The molecule has 0 spiro atoms. The van der Waals surface area contributed by atoms with Crippen molar-refractivity contribution in [2.75, 3.05) is 50.7 Å². The summed E-state index contributed by atoms with van der Waals surface area (Å²) in [7, 11) is 0. The van der Waals surface area contributed by atoms with Crippen LogP contribution in [0.2, 0.25) is 0 Å². The zero-order valence-corrected chi connectivity index (χ0v) is 12.8. The average Bonchev–Trinajstić information content (AvgIpc) is 2.92. The molecule has 2 saturated heterocycles. The molecule has 2 aliphatic heterocycles. The molecule has 1 aromatic heterocycles. The van der Waals surface area contributed by atoms with Gasteiger partial charge in [0, 0.05) is 70.3 Å². The maximum absolute atomic E-state index is 11.6. The number of carbonyl (C=O) groups is 1. The van der Waals surface area contributed by atoms with Gasteiger partial charge in [-0.25, -0.2) is 0 Å². The van der Waals surface area contributed by atoms with Crippen molar-refractivity contribution in [1.82, 2.24) is 14.8 Å². The second kappa shape index (κ2) is 6.43. The molecule has 0 aliphatic carbocycles. The van der Waals surface area contributed by atoms with Gasteiger partial charge >= 0.3 is 0 Å². The third-order valence-electron chi connectivity index (χ3n) is 4.56. The molecular weight excluding hydrogens is 264 g/mol. The summed E-state index contributed by atoms with van der Waals surface area (Å²) in [4.78, 5) is 22.7. The lowest BCUT2D eigenvalue weighted by Gasteiger charge is -2.37. The zero-order chi connectivity index (χ0) is 14.7. The molecule has 21 heavy (non-hydrogen) atoms. The van der Waals surface area contributed by atoms with Gasteiger partial charge in [0.25, 0.3) is 0 Å². The van der Waals surface area contributed by atoms with Gasteiger partial charge in [-0.2, -0.15) is 0 Å². The van der Waals surface area contributed by atoms with Crippen LogP contribution >= 0.6 is 0 Å². The van der Waals surface area contributed by atoms with Gasteiger partial charge in [0.2, 0.25) is 5.91 Å². The first kappa shape index (κ1) is 14.3. The Labute approximate surface area is 126 Å². The summed E-state index contributed by atoms with van der Waals surface area (Å²) >= 11 is 0. The molecule has 0 N–H and O–H groups in total. The minimum atomic E-state index is 0.334. The van der Waals surface area contributed by atoms with Crippen LogP contribution in [0.1, 0.15) is 18.4 Å². The normalized spacial score (nSPS) is 20.3. The molecule has 0 bridgehead atoms. The van der Waals surface area contributed by atoms with Crippen molar-refractivity contribution in [3.05, 3.63) is 24.0 Å². The number of anilines is 1. The van der Waals surface area contributed by atoms with E-state index in [-0.39, 0.29) is 0 Å². The number of piperazine rings is 1. The molecule has 3 rings (SSSR count). The number of amides is 1. The standard InChI is InChI=1S/C16H24N4O/c1-14-13-17-5-4-15(14)19-10-7-18(8-11-19)9-12-20-6-2-3-16(20)21/h4-5,13H,2-3,6-12H2,1H3. The van der Waals surface area contributed by atoms with Crippen molar-refractivity contribution in [1.29, 1.82) is 0 Å². The fourth-order valence-corrected chi connectivity index (χ4v) is 3.24. The Hall–Kier alpha value is -1.62. The lowest BCUT2D eigenvalue weighted by molar-refractivity contribution is -0.127. The lowest BCUT2D eigenvalue weighted by Crippen LogP contribution is -2.48. The Balaban J connectivity index is 1.47. The number of aryl methyl sites for hydroxylation is 1. The topological polar surface area (TPSA) is 39.7 Å².